The first kappa shape index (κ1) is 18.5. The van der Waals surface area contributed by atoms with Crippen molar-refractivity contribution in [3.63, 3.8) is 0 Å². The number of fused-ring (bicyclic) bond motifs is 1. The number of piperidine rings is 1. The Hall–Kier alpha value is -3.52. The normalized spacial score (nSPS) is 16.8. The molecule has 0 saturated carbocycles. The Morgan fingerprint density at radius 1 is 1.17 bits per heavy atom. The number of aromatic amines is 1. The number of para-hydroxylation sites is 1. The molecule has 4 aromatic rings. The summed E-state index contributed by atoms with van der Waals surface area (Å²) in [5, 5.41) is 16.9. The van der Waals surface area contributed by atoms with Crippen LogP contribution in [0.3, 0.4) is 0 Å². The van der Waals surface area contributed by atoms with Crippen LogP contribution in [0.25, 0.3) is 28.0 Å². The van der Waals surface area contributed by atoms with Crippen LogP contribution in [0.4, 0.5) is 0 Å². The van der Waals surface area contributed by atoms with Crippen molar-refractivity contribution in [2.24, 2.45) is 0 Å². The van der Waals surface area contributed by atoms with E-state index >= 15 is 0 Å². The molecule has 1 unspecified atom stereocenters. The monoisotopic (exact) mass is 402 g/mol. The molecule has 0 spiro atoms. The highest BCUT2D eigenvalue weighted by molar-refractivity contribution is 5.94. The van der Waals surface area contributed by atoms with Gasteiger partial charge in [-0.25, -0.2) is 4.68 Å². The third kappa shape index (κ3) is 3.35. The van der Waals surface area contributed by atoms with E-state index in [2.05, 4.69) is 20.5 Å². The zero-order chi connectivity index (χ0) is 20.5. The number of likely N-dealkylation sites (tertiary alicyclic amines) is 1. The zero-order valence-electron chi connectivity index (χ0n) is 16.7. The Bertz CT molecular complexity index is 1180. The number of ether oxygens (including phenoxy) is 1. The lowest BCUT2D eigenvalue weighted by atomic mass is 10.1. The van der Waals surface area contributed by atoms with Crippen LogP contribution in [-0.2, 0) is 4.74 Å². The molecule has 1 aliphatic heterocycles. The second-order valence-corrected chi connectivity index (χ2v) is 7.46. The minimum Gasteiger partial charge on any atom is -0.380 e. The molecule has 1 saturated heterocycles. The predicted molar refractivity (Wildman–Crippen MR) is 112 cm³/mol. The third-order valence-corrected chi connectivity index (χ3v) is 5.58. The third-order valence-electron chi connectivity index (χ3n) is 5.58. The summed E-state index contributed by atoms with van der Waals surface area (Å²) in [6.45, 7) is 1.41. The van der Waals surface area contributed by atoms with Crippen molar-refractivity contribution in [1.82, 2.24) is 30.1 Å². The van der Waals surface area contributed by atoms with E-state index in [9.17, 15) is 4.79 Å². The second-order valence-electron chi connectivity index (χ2n) is 7.46. The molecular formula is C22H22N6O2. The van der Waals surface area contributed by atoms with Crippen LogP contribution in [0.5, 0.6) is 0 Å². The fraction of sp³-hybridized carbons (Fsp3) is 0.273. The van der Waals surface area contributed by atoms with Crippen molar-refractivity contribution in [3.8, 4) is 17.1 Å². The number of nitrogens with one attached hydrogen (secondary N) is 1. The zero-order valence-corrected chi connectivity index (χ0v) is 16.7. The molecule has 1 fully saturated rings. The lowest BCUT2D eigenvalue weighted by Gasteiger charge is -2.32. The van der Waals surface area contributed by atoms with Crippen LogP contribution in [-0.4, -0.2) is 62.3 Å². The second kappa shape index (κ2) is 7.72. The number of aromatic nitrogens is 5. The molecule has 8 nitrogen and oxygen atoms in total. The van der Waals surface area contributed by atoms with E-state index in [4.69, 9.17) is 4.74 Å². The Morgan fingerprint density at radius 3 is 2.83 bits per heavy atom. The number of rotatable bonds is 4. The molecule has 30 heavy (non-hydrogen) atoms. The number of amides is 1. The topological polar surface area (TPSA) is 88.9 Å². The maximum absolute atomic E-state index is 12.8. The Labute approximate surface area is 173 Å². The van der Waals surface area contributed by atoms with E-state index in [0.717, 1.165) is 41.7 Å². The van der Waals surface area contributed by atoms with Crippen LogP contribution in [0.2, 0.25) is 0 Å². The van der Waals surface area contributed by atoms with Crippen molar-refractivity contribution in [2.75, 3.05) is 20.2 Å². The molecule has 0 aliphatic carbocycles. The lowest BCUT2D eigenvalue weighted by molar-refractivity contribution is 0.0269. The summed E-state index contributed by atoms with van der Waals surface area (Å²) in [5.41, 5.74) is 3.90. The summed E-state index contributed by atoms with van der Waals surface area (Å²) in [6.07, 6.45) is 3.92. The van der Waals surface area contributed by atoms with Gasteiger partial charge in [0.2, 0.25) is 0 Å². The molecule has 5 rings (SSSR count). The number of hydrogen-bond donors (Lipinski definition) is 1. The van der Waals surface area contributed by atoms with Crippen molar-refractivity contribution >= 4 is 16.8 Å². The van der Waals surface area contributed by atoms with Crippen molar-refractivity contribution in [3.05, 3.63) is 60.3 Å². The summed E-state index contributed by atoms with van der Waals surface area (Å²) in [4.78, 5) is 14.7. The minimum atomic E-state index is 0.0329. The first-order chi connectivity index (χ1) is 14.7. The number of methoxy groups -OCH3 is 1. The van der Waals surface area contributed by atoms with Gasteiger partial charge >= 0.3 is 0 Å². The van der Waals surface area contributed by atoms with Crippen molar-refractivity contribution < 1.29 is 9.53 Å². The summed E-state index contributed by atoms with van der Waals surface area (Å²) in [5.74, 6) is 0.0329. The number of nitrogens with zero attached hydrogens (tertiary/aromatic N) is 5. The molecule has 1 aliphatic rings. The van der Waals surface area contributed by atoms with Gasteiger partial charge in [-0.05, 0) is 43.2 Å². The molecule has 1 N–H and O–H groups in total. The highest BCUT2D eigenvalue weighted by atomic mass is 16.5. The van der Waals surface area contributed by atoms with Gasteiger partial charge in [0.15, 0.2) is 0 Å². The summed E-state index contributed by atoms with van der Waals surface area (Å²) in [7, 11) is 1.70. The lowest BCUT2D eigenvalue weighted by Crippen LogP contribution is -2.42. The van der Waals surface area contributed by atoms with Crippen LogP contribution >= 0.6 is 0 Å². The van der Waals surface area contributed by atoms with Crippen LogP contribution < -0.4 is 0 Å². The van der Waals surface area contributed by atoms with Crippen LogP contribution in [0.15, 0.2) is 54.7 Å². The molecule has 2 aromatic carbocycles. The average molecular weight is 402 g/mol. The van der Waals surface area contributed by atoms with Gasteiger partial charge in [0, 0.05) is 31.1 Å². The van der Waals surface area contributed by atoms with Gasteiger partial charge in [-0.3, -0.25) is 9.89 Å². The highest BCUT2D eigenvalue weighted by Gasteiger charge is 2.24. The molecular weight excluding hydrogens is 380 g/mol. The van der Waals surface area contributed by atoms with Gasteiger partial charge in [-0.1, -0.05) is 23.4 Å². The van der Waals surface area contributed by atoms with Crippen LogP contribution in [0, 0.1) is 0 Å². The number of carbonyl (C=O) groups excluding carboxylic acids is 1. The minimum absolute atomic E-state index is 0.0329. The smallest absolute Gasteiger partial charge is 0.253 e. The predicted octanol–water partition coefficient (Wildman–Crippen LogP) is 3.06. The number of carbonyl (C=O) groups is 1. The van der Waals surface area contributed by atoms with E-state index in [0.29, 0.717) is 17.8 Å². The molecule has 2 aromatic heterocycles. The first-order valence-corrected chi connectivity index (χ1v) is 10.0. The molecule has 0 bridgehead atoms. The molecule has 1 atom stereocenters. The first-order valence-electron chi connectivity index (χ1n) is 10.0. The average Bonchev–Trinajstić information content (AvgIpc) is 3.46. The SMILES string of the molecule is COC1CCCN(C(=O)c2ccc(-n3cc(-c4n[nH]c5ccccc45)nn3)cc2)C1. The Balaban J connectivity index is 1.36. The summed E-state index contributed by atoms with van der Waals surface area (Å²) < 4.78 is 7.11. The number of H-pyrrole nitrogens is 1. The Morgan fingerprint density at radius 2 is 2.00 bits per heavy atom. The fourth-order valence-electron chi connectivity index (χ4n) is 3.91. The fourth-order valence-corrected chi connectivity index (χ4v) is 3.91. The van der Waals surface area contributed by atoms with Crippen molar-refractivity contribution in [1.29, 1.82) is 0 Å². The Kier molecular flexibility index (Phi) is 4.76. The molecule has 1 amide bonds. The summed E-state index contributed by atoms with van der Waals surface area (Å²) in [6, 6.07) is 15.3. The maximum atomic E-state index is 12.8. The van der Waals surface area contributed by atoms with Gasteiger partial charge in [0.25, 0.3) is 5.91 Å². The van der Waals surface area contributed by atoms with Gasteiger partial charge in [-0.15, -0.1) is 5.10 Å². The van der Waals surface area contributed by atoms with Crippen molar-refractivity contribution in [2.45, 2.75) is 18.9 Å². The quantitative estimate of drug-likeness (QED) is 0.567. The van der Waals surface area contributed by atoms with E-state index in [1.807, 2.05) is 59.6 Å². The van der Waals surface area contributed by atoms with E-state index in [-0.39, 0.29) is 12.0 Å². The highest BCUT2D eigenvalue weighted by Crippen LogP contribution is 2.25. The van der Waals surface area contributed by atoms with E-state index in [1.165, 1.54) is 0 Å². The molecule has 0 radical (unpaired) electrons. The van der Waals surface area contributed by atoms with Gasteiger partial charge in [-0.2, -0.15) is 5.10 Å². The standard InChI is InChI=1S/C22H22N6O2/c1-30-17-5-4-12-27(13-17)22(29)15-8-10-16(11-9-15)28-14-20(24-26-28)21-18-6-2-3-7-19(18)23-25-21/h2-3,6-11,14,17H,4-5,12-13H2,1H3,(H,23,25). The van der Waals surface area contributed by atoms with Crippen LogP contribution in [0.1, 0.15) is 23.2 Å². The molecule has 3 heterocycles. The maximum Gasteiger partial charge on any atom is 0.253 e. The van der Waals surface area contributed by atoms with E-state index < -0.39 is 0 Å². The number of benzene rings is 2. The number of hydrogen-bond acceptors (Lipinski definition) is 5. The van der Waals surface area contributed by atoms with Gasteiger partial charge in [0.05, 0.1) is 23.5 Å². The molecule has 8 heteroatoms. The summed E-state index contributed by atoms with van der Waals surface area (Å²) >= 11 is 0. The van der Waals surface area contributed by atoms with Gasteiger partial charge < -0.3 is 9.64 Å². The largest absolute Gasteiger partial charge is 0.380 e. The van der Waals surface area contributed by atoms with Gasteiger partial charge in [0.1, 0.15) is 11.4 Å². The molecule has 152 valence electrons. The van der Waals surface area contributed by atoms with E-state index in [1.54, 1.807) is 11.8 Å².